The van der Waals surface area contributed by atoms with Crippen molar-refractivity contribution in [3.8, 4) is 0 Å². The summed E-state index contributed by atoms with van der Waals surface area (Å²) in [5.74, 6) is -0.322. The number of carbonyl (C=O) groups excluding carboxylic acids is 2. The second-order valence-electron chi connectivity index (χ2n) is 7.83. The number of rotatable bonds is 5. The van der Waals surface area contributed by atoms with E-state index in [0.717, 1.165) is 24.3 Å². The van der Waals surface area contributed by atoms with Gasteiger partial charge >= 0.3 is 0 Å². The Balaban J connectivity index is 1.35. The third-order valence-corrected chi connectivity index (χ3v) is 5.81. The lowest BCUT2D eigenvalue weighted by atomic mass is 10.1. The summed E-state index contributed by atoms with van der Waals surface area (Å²) >= 11 is 0. The van der Waals surface area contributed by atoms with E-state index in [1.165, 1.54) is 24.1 Å². The summed E-state index contributed by atoms with van der Waals surface area (Å²) in [7, 11) is 0. The molecule has 146 valence electrons. The van der Waals surface area contributed by atoms with E-state index in [0.29, 0.717) is 13.1 Å². The highest BCUT2D eigenvalue weighted by atomic mass is 16.2. The summed E-state index contributed by atoms with van der Waals surface area (Å²) in [5, 5.41) is 2.98. The van der Waals surface area contributed by atoms with Gasteiger partial charge in [-0.3, -0.25) is 9.59 Å². The molecule has 2 amide bonds. The average Bonchev–Trinajstić information content (AvgIpc) is 3.35. The number of amides is 2. The molecule has 0 saturated carbocycles. The molecule has 5 heteroatoms. The van der Waals surface area contributed by atoms with Gasteiger partial charge in [-0.1, -0.05) is 24.3 Å². The summed E-state index contributed by atoms with van der Waals surface area (Å²) in [6.45, 7) is 5.30. The Labute approximate surface area is 166 Å². The fourth-order valence-electron chi connectivity index (χ4n) is 4.07. The Hall–Kier alpha value is -2.82. The maximum Gasteiger partial charge on any atom is 0.229 e. The van der Waals surface area contributed by atoms with Crippen LogP contribution in [0.25, 0.3) is 0 Å². The molecule has 2 aliphatic heterocycles. The van der Waals surface area contributed by atoms with Gasteiger partial charge in [0.25, 0.3) is 0 Å². The van der Waals surface area contributed by atoms with Crippen LogP contribution in [0.1, 0.15) is 30.4 Å². The molecule has 0 aromatic heterocycles. The monoisotopic (exact) mass is 377 g/mol. The second kappa shape index (κ2) is 8.05. The summed E-state index contributed by atoms with van der Waals surface area (Å²) in [5.41, 5.74) is 4.30. The predicted octanol–water partition coefficient (Wildman–Crippen LogP) is 3.58. The lowest BCUT2D eigenvalue weighted by Gasteiger charge is -2.19. The highest BCUT2D eigenvalue weighted by molar-refractivity contribution is 5.97. The lowest BCUT2D eigenvalue weighted by Crippen LogP contribution is -2.28. The van der Waals surface area contributed by atoms with Crippen molar-refractivity contribution in [1.29, 1.82) is 0 Å². The van der Waals surface area contributed by atoms with Crippen LogP contribution in [0.5, 0.6) is 0 Å². The normalized spacial score (nSPS) is 19.3. The number of nitrogens with one attached hydrogen (secondary N) is 1. The van der Waals surface area contributed by atoms with E-state index >= 15 is 0 Å². The van der Waals surface area contributed by atoms with Crippen LogP contribution in [0.2, 0.25) is 0 Å². The van der Waals surface area contributed by atoms with Crippen LogP contribution in [0.3, 0.4) is 0 Å². The smallest absolute Gasteiger partial charge is 0.229 e. The fraction of sp³-hybridized carbons (Fsp3) is 0.391. The van der Waals surface area contributed by atoms with Crippen molar-refractivity contribution in [1.82, 2.24) is 4.90 Å². The molecule has 0 bridgehead atoms. The van der Waals surface area contributed by atoms with Gasteiger partial charge in [0, 0.05) is 44.0 Å². The van der Waals surface area contributed by atoms with Gasteiger partial charge in [-0.25, -0.2) is 0 Å². The lowest BCUT2D eigenvalue weighted by molar-refractivity contribution is -0.128. The van der Waals surface area contributed by atoms with Gasteiger partial charge in [0.05, 0.1) is 5.92 Å². The van der Waals surface area contributed by atoms with Gasteiger partial charge in [-0.15, -0.1) is 0 Å². The van der Waals surface area contributed by atoms with Crippen LogP contribution >= 0.6 is 0 Å². The van der Waals surface area contributed by atoms with Gasteiger partial charge in [0.1, 0.15) is 0 Å². The van der Waals surface area contributed by atoms with Gasteiger partial charge in [-0.05, 0) is 55.2 Å². The average molecular weight is 377 g/mol. The minimum atomic E-state index is -0.297. The van der Waals surface area contributed by atoms with Crippen LogP contribution < -0.4 is 10.2 Å². The van der Waals surface area contributed by atoms with Crippen LogP contribution in [-0.4, -0.2) is 36.3 Å². The Morgan fingerprint density at radius 1 is 1.07 bits per heavy atom. The van der Waals surface area contributed by atoms with Crippen molar-refractivity contribution < 1.29 is 9.59 Å². The maximum absolute atomic E-state index is 12.7. The molecule has 0 aliphatic carbocycles. The molecule has 2 aromatic carbocycles. The quantitative estimate of drug-likeness (QED) is 0.866. The van der Waals surface area contributed by atoms with Gasteiger partial charge in [0.15, 0.2) is 0 Å². The molecule has 0 radical (unpaired) electrons. The zero-order valence-electron chi connectivity index (χ0n) is 16.4. The molecule has 28 heavy (non-hydrogen) atoms. The zero-order chi connectivity index (χ0) is 19.5. The van der Waals surface area contributed by atoms with Crippen LogP contribution in [-0.2, 0) is 16.1 Å². The topological polar surface area (TPSA) is 52.7 Å². The highest BCUT2D eigenvalue weighted by Gasteiger charge is 2.34. The first-order valence-electron chi connectivity index (χ1n) is 10.1. The van der Waals surface area contributed by atoms with Gasteiger partial charge < -0.3 is 15.1 Å². The molecular formula is C23H27N3O2. The van der Waals surface area contributed by atoms with E-state index in [9.17, 15) is 9.59 Å². The van der Waals surface area contributed by atoms with Crippen molar-refractivity contribution >= 4 is 23.2 Å². The summed E-state index contributed by atoms with van der Waals surface area (Å²) in [6.07, 6.45) is 2.77. The molecule has 2 heterocycles. The molecule has 2 fully saturated rings. The summed E-state index contributed by atoms with van der Waals surface area (Å²) in [4.78, 5) is 29.2. The number of likely N-dealkylation sites (tertiary alicyclic amines) is 1. The molecular weight excluding hydrogens is 350 g/mol. The zero-order valence-corrected chi connectivity index (χ0v) is 16.4. The third kappa shape index (κ3) is 4.03. The number of benzene rings is 2. The van der Waals surface area contributed by atoms with Crippen LogP contribution in [0.4, 0.5) is 11.4 Å². The Morgan fingerprint density at radius 3 is 2.50 bits per heavy atom. The van der Waals surface area contributed by atoms with Gasteiger partial charge in [0.2, 0.25) is 11.8 Å². The summed E-state index contributed by atoms with van der Waals surface area (Å²) < 4.78 is 0. The van der Waals surface area contributed by atoms with E-state index in [2.05, 4.69) is 22.3 Å². The van der Waals surface area contributed by atoms with E-state index < -0.39 is 0 Å². The van der Waals surface area contributed by atoms with Crippen molar-refractivity contribution in [2.75, 3.05) is 29.9 Å². The Bertz CT molecular complexity index is 856. The molecule has 4 rings (SSSR count). The Kier molecular flexibility index (Phi) is 5.33. The minimum Gasteiger partial charge on any atom is -0.372 e. The van der Waals surface area contributed by atoms with Crippen molar-refractivity contribution in [2.24, 2.45) is 5.92 Å². The van der Waals surface area contributed by atoms with Crippen LogP contribution in [0, 0.1) is 12.8 Å². The second-order valence-corrected chi connectivity index (χ2v) is 7.83. The first kappa shape index (κ1) is 18.5. The minimum absolute atomic E-state index is 0.0489. The van der Waals surface area contributed by atoms with E-state index in [4.69, 9.17) is 0 Å². The number of hydrogen-bond donors (Lipinski definition) is 1. The van der Waals surface area contributed by atoms with Crippen molar-refractivity contribution in [2.45, 2.75) is 32.7 Å². The largest absolute Gasteiger partial charge is 0.372 e. The summed E-state index contributed by atoms with van der Waals surface area (Å²) in [6, 6.07) is 16.1. The number of carbonyl (C=O) groups is 2. The number of aryl methyl sites for hydroxylation is 1. The number of hydrogen-bond acceptors (Lipinski definition) is 3. The highest BCUT2D eigenvalue weighted by Crippen LogP contribution is 2.25. The third-order valence-electron chi connectivity index (χ3n) is 5.81. The molecule has 2 aliphatic rings. The fourth-order valence-corrected chi connectivity index (χ4v) is 4.07. The number of anilines is 2. The molecule has 0 spiro atoms. The SMILES string of the molecule is Cc1ccccc1CN1CC(C(=O)Nc2ccc(N3CCCC3)cc2)CC1=O. The predicted molar refractivity (Wildman–Crippen MR) is 111 cm³/mol. The number of nitrogens with zero attached hydrogens (tertiary/aromatic N) is 2. The first-order valence-corrected chi connectivity index (χ1v) is 10.1. The molecule has 2 saturated heterocycles. The van der Waals surface area contributed by atoms with E-state index in [-0.39, 0.29) is 24.2 Å². The molecule has 1 unspecified atom stereocenters. The molecule has 2 aromatic rings. The van der Waals surface area contributed by atoms with E-state index in [1.54, 1.807) is 4.90 Å². The molecule has 1 atom stereocenters. The molecule has 1 N–H and O–H groups in total. The van der Waals surface area contributed by atoms with Gasteiger partial charge in [-0.2, -0.15) is 0 Å². The first-order chi connectivity index (χ1) is 13.6. The van der Waals surface area contributed by atoms with Crippen molar-refractivity contribution in [3.63, 3.8) is 0 Å². The molecule has 5 nitrogen and oxygen atoms in total. The van der Waals surface area contributed by atoms with Crippen LogP contribution in [0.15, 0.2) is 48.5 Å². The van der Waals surface area contributed by atoms with E-state index in [1.807, 2.05) is 43.3 Å². The Morgan fingerprint density at radius 2 is 1.79 bits per heavy atom. The standard InChI is InChI=1S/C23H27N3O2/c1-17-6-2-3-7-18(17)15-26-16-19(14-22(26)27)23(28)24-20-8-10-21(11-9-20)25-12-4-5-13-25/h2-3,6-11,19H,4-5,12-16H2,1H3,(H,24,28). The van der Waals surface area contributed by atoms with Crippen molar-refractivity contribution in [3.05, 3.63) is 59.7 Å². The maximum atomic E-state index is 12.7.